The Hall–Kier alpha value is -3.20. The molecule has 0 radical (unpaired) electrons. The van der Waals surface area contributed by atoms with Crippen LogP contribution in [0.1, 0.15) is 22.3 Å². The van der Waals surface area contributed by atoms with Crippen molar-refractivity contribution in [2.45, 2.75) is 13.0 Å². The van der Waals surface area contributed by atoms with Gasteiger partial charge < -0.3 is 21.1 Å². The lowest BCUT2D eigenvalue weighted by molar-refractivity contribution is -0.384. The summed E-state index contributed by atoms with van der Waals surface area (Å²) in [5.74, 6) is -0.743. The van der Waals surface area contributed by atoms with Crippen LogP contribution in [0.25, 0.3) is 0 Å². The van der Waals surface area contributed by atoms with Crippen molar-refractivity contribution in [2.24, 2.45) is 5.73 Å². The first-order valence-electron chi connectivity index (χ1n) is 8.00. The van der Waals surface area contributed by atoms with Crippen LogP contribution in [0.15, 0.2) is 36.7 Å². The Morgan fingerprint density at radius 1 is 1.35 bits per heavy atom. The molecule has 0 bridgehead atoms. The molecule has 0 saturated carbocycles. The van der Waals surface area contributed by atoms with Gasteiger partial charge in [-0.25, -0.2) is 0 Å². The second-order valence-electron chi connectivity index (χ2n) is 5.52. The van der Waals surface area contributed by atoms with Gasteiger partial charge >= 0.3 is 0 Å². The number of carbonyl (C=O) groups is 1. The van der Waals surface area contributed by atoms with Crippen molar-refractivity contribution in [1.82, 2.24) is 4.98 Å². The summed E-state index contributed by atoms with van der Waals surface area (Å²) < 4.78 is 4.97. The van der Waals surface area contributed by atoms with E-state index in [1.807, 2.05) is 6.07 Å². The number of hydrogen-bond acceptors (Lipinski definition) is 7. The van der Waals surface area contributed by atoms with Crippen LogP contribution in [0, 0.1) is 10.1 Å². The molecule has 1 aromatic heterocycles. The lowest BCUT2D eigenvalue weighted by Gasteiger charge is -2.14. The van der Waals surface area contributed by atoms with Crippen LogP contribution >= 0.6 is 0 Å². The fourth-order valence-corrected chi connectivity index (χ4v) is 2.37. The van der Waals surface area contributed by atoms with E-state index in [0.717, 1.165) is 5.56 Å². The Morgan fingerprint density at radius 3 is 2.77 bits per heavy atom. The standard InChI is InChI=1S/C17H21N5O4/c1-26-7-3-6-20-15-9-14(21-11-12-4-2-5-19-10-12)13(17(18)23)8-16(15)22(24)25/h2,4-5,8-10,20-21H,3,6-7,11H2,1H3,(H2,18,23). The Morgan fingerprint density at radius 2 is 2.15 bits per heavy atom. The highest BCUT2D eigenvalue weighted by Gasteiger charge is 2.20. The largest absolute Gasteiger partial charge is 0.385 e. The second-order valence-corrected chi connectivity index (χ2v) is 5.52. The maximum Gasteiger partial charge on any atom is 0.293 e. The molecule has 9 nitrogen and oxygen atoms in total. The Balaban J connectivity index is 2.28. The summed E-state index contributed by atoms with van der Waals surface area (Å²) in [5, 5.41) is 17.4. The van der Waals surface area contributed by atoms with Gasteiger partial charge in [0.15, 0.2) is 0 Å². The summed E-state index contributed by atoms with van der Waals surface area (Å²) in [6, 6.07) is 6.39. The molecule has 26 heavy (non-hydrogen) atoms. The highest BCUT2D eigenvalue weighted by Crippen LogP contribution is 2.31. The molecule has 0 fully saturated rings. The van der Waals surface area contributed by atoms with Crippen LogP contribution in [0.2, 0.25) is 0 Å². The molecular formula is C17H21N5O4. The number of nitrogens with two attached hydrogens (primary N) is 1. The Kier molecular flexibility index (Phi) is 6.86. The quantitative estimate of drug-likeness (QED) is 0.336. The lowest BCUT2D eigenvalue weighted by Crippen LogP contribution is -2.16. The highest BCUT2D eigenvalue weighted by molar-refractivity contribution is 6.00. The van der Waals surface area contributed by atoms with Crippen molar-refractivity contribution in [3.05, 3.63) is 57.9 Å². The number of aromatic nitrogens is 1. The summed E-state index contributed by atoms with van der Waals surface area (Å²) in [7, 11) is 1.59. The summed E-state index contributed by atoms with van der Waals surface area (Å²) >= 11 is 0. The van der Waals surface area contributed by atoms with E-state index < -0.39 is 10.8 Å². The van der Waals surface area contributed by atoms with Gasteiger partial charge in [-0.3, -0.25) is 19.9 Å². The second kappa shape index (κ2) is 9.33. The minimum Gasteiger partial charge on any atom is -0.385 e. The number of pyridine rings is 1. The number of ether oxygens (including phenoxy) is 1. The van der Waals surface area contributed by atoms with Crippen LogP contribution in [-0.2, 0) is 11.3 Å². The molecule has 0 aliphatic carbocycles. The number of amides is 1. The molecule has 1 aromatic carbocycles. The van der Waals surface area contributed by atoms with Gasteiger partial charge in [0.05, 0.1) is 10.5 Å². The van der Waals surface area contributed by atoms with Crippen LogP contribution < -0.4 is 16.4 Å². The van der Waals surface area contributed by atoms with E-state index in [0.29, 0.717) is 37.5 Å². The molecule has 138 valence electrons. The fraction of sp³-hybridized carbons (Fsp3) is 0.294. The van der Waals surface area contributed by atoms with E-state index in [1.54, 1.807) is 25.6 Å². The Bertz CT molecular complexity index is 767. The molecule has 2 aromatic rings. The minimum atomic E-state index is -0.743. The van der Waals surface area contributed by atoms with Crippen molar-refractivity contribution in [1.29, 1.82) is 0 Å². The first-order chi connectivity index (χ1) is 12.5. The molecule has 4 N–H and O–H groups in total. The van der Waals surface area contributed by atoms with Crippen molar-refractivity contribution in [3.63, 3.8) is 0 Å². The summed E-state index contributed by atoms with van der Waals surface area (Å²) in [5.41, 5.74) is 6.87. The van der Waals surface area contributed by atoms with Crippen molar-refractivity contribution >= 4 is 23.0 Å². The topological polar surface area (TPSA) is 132 Å². The van der Waals surface area contributed by atoms with E-state index in [9.17, 15) is 14.9 Å². The number of carbonyl (C=O) groups excluding carboxylic acids is 1. The number of benzene rings is 1. The molecule has 0 unspecified atom stereocenters. The molecule has 1 amide bonds. The smallest absolute Gasteiger partial charge is 0.293 e. The number of nitro benzene ring substituents is 1. The average molecular weight is 359 g/mol. The first-order valence-corrected chi connectivity index (χ1v) is 8.00. The van der Waals surface area contributed by atoms with E-state index in [1.165, 1.54) is 12.1 Å². The molecule has 2 rings (SSSR count). The third-order valence-electron chi connectivity index (χ3n) is 3.64. The predicted molar refractivity (Wildman–Crippen MR) is 98.2 cm³/mol. The maximum absolute atomic E-state index is 11.7. The SMILES string of the molecule is COCCCNc1cc(NCc2cccnc2)c(C(N)=O)cc1[N+](=O)[O-]. The molecule has 0 spiro atoms. The van der Waals surface area contributed by atoms with Crippen LogP contribution in [-0.4, -0.2) is 36.1 Å². The molecule has 1 heterocycles. The predicted octanol–water partition coefficient (Wildman–Crippen LogP) is 2.15. The van der Waals surface area contributed by atoms with Crippen molar-refractivity contribution in [3.8, 4) is 0 Å². The van der Waals surface area contributed by atoms with E-state index in [-0.39, 0.29) is 11.3 Å². The number of nitrogens with one attached hydrogen (secondary N) is 2. The maximum atomic E-state index is 11.7. The summed E-state index contributed by atoms with van der Waals surface area (Å²) in [6.07, 6.45) is 4.03. The van der Waals surface area contributed by atoms with Gasteiger partial charge in [-0.1, -0.05) is 6.07 Å². The molecular weight excluding hydrogens is 338 g/mol. The van der Waals surface area contributed by atoms with Crippen LogP contribution in [0.3, 0.4) is 0 Å². The van der Waals surface area contributed by atoms with Crippen molar-refractivity contribution in [2.75, 3.05) is 30.9 Å². The van der Waals surface area contributed by atoms with Gasteiger partial charge in [-0.05, 0) is 24.1 Å². The summed E-state index contributed by atoms with van der Waals surface area (Å²) in [6.45, 7) is 1.42. The van der Waals surface area contributed by atoms with Gasteiger partial charge in [0.2, 0.25) is 0 Å². The minimum absolute atomic E-state index is 0.0584. The molecule has 0 atom stereocenters. The third-order valence-corrected chi connectivity index (χ3v) is 3.64. The van der Waals surface area contributed by atoms with E-state index in [4.69, 9.17) is 10.5 Å². The van der Waals surface area contributed by atoms with Crippen LogP contribution in [0.4, 0.5) is 17.1 Å². The number of methoxy groups -OCH3 is 1. The molecule has 0 aliphatic rings. The van der Waals surface area contributed by atoms with E-state index in [2.05, 4.69) is 15.6 Å². The molecule has 0 aliphatic heterocycles. The molecule has 0 saturated heterocycles. The number of anilines is 2. The van der Waals surface area contributed by atoms with Gasteiger partial charge in [0.1, 0.15) is 5.69 Å². The zero-order valence-electron chi connectivity index (χ0n) is 14.4. The lowest BCUT2D eigenvalue weighted by atomic mass is 10.1. The van der Waals surface area contributed by atoms with Gasteiger partial charge in [-0.2, -0.15) is 0 Å². The normalized spacial score (nSPS) is 10.3. The van der Waals surface area contributed by atoms with Crippen molar-refractivity contribution < 1.29 is 14.5 Å². The number of nitrogens with zero attached hydrogens (tertiary/aromatic N) is 2. The fourth-order valence-electron chi connectivity index (χ4n) is 2.37. The number of rotatable bonds is 10. The van der Waals surface area contributed by atoms with E-state index >= 15 is 0 Å². The first kappa shape index (κ1) is 19.1. The monoisotopic (exact) mass is 359 g/mol. The average Bonchev–Trinajstić information content (AvgIpc) is 2.63. The number of hydrogen-bond donors (Lipinski definition) is 3. The zero-order valence-corrected chi connectivity index (χ0v) is 14.4. The third kappa shape index (κ3) is 5.15. The van der Waals surface area contributed by atoms with Gasteiger partial charge in [0.25, 0.3) is 11.6 Å². The molecule has 9 heteroatoms. The van der Waals surface area contributed by atoms with Gasteiger partial charge in [0, 0.05) is 51.0 Å². The Labute approximate surface area is 150 Å². The zero-order chi connectivity index (χ0) is 18.9. The number of primary amides is 1. The van der Waals surface area contributed by atoms with Crippen LogP contribution in [0.5, 0.6) is 0 Å². The summed E-state index contributed by atoms with van der Waals surface area (Å²) in [4.78, 5) is 26.5. The highest BCUT2D eigenvalue weighted by atomic mass is 16.6. The number of nitro groups is 1. The van der Waals surface area contributed by atoms with Gasteiger partial charge in [-0.15, -0.1) is 0 Å².